The Morgan fingerprint density at radius 2 is 2.08 bits per heavy atom. The lowest BCUT2D eigenvalue weighted by Gasteiger charge is -2.37. The molecule has 1 saturated heterocycles. The molecule has 1 heterocycles. The van der Waals surface area contributed by atoms with Gasteiger partial charge in [0.2, 0.25) is 5.91 Å². The number of nitrogens with one attached hydrogen (secondary N) is 1. The first-order valence-corrected chi connectivity index (χ1v) is 10.3. The van der Waals surface area contributed by atoms with Crippen LogP contribution in [0.3, 0.4) is 0 Å². The van der Waals surface area contributed by atoms with Gasteiger partial charge in [-0.05, 0) is 74.6 Å². The Balaban J connectivity index is 1.63. The minimum atomic E-state index is 0.379. The molecule has 0 bridgehead atoms. The van der Waals surface area contributed by atoms with Gasteiger partial charge in [-0.15, -0.1) is 0 Å². The van der Waals surface area contributed by atoms with Crippen LogP contribution < -0.4 is 5.32 Å². The Morgan fingerprint density at radius 1 is 1.28 bits per heavy atom. The lowest BCUT2D eigenvalue weighted by molar-refractivity contribution is -0.135. The van der Waals surface area contributed by atoms with E-state index in [2.05, 4.69) is 48.3 Å². The zero-order chi connectivity index (χ0) is 17.6. The highest BCUT2D eigenvalue weighted by molar-refractivity contribution is 5.77. The van der Waals surface area contributed by atoms with Crippen molar-refractivity contribution in [2.45, 2.75) is 64.8 Å². The molecular weight excluding hydrogens is 308 g/mol. The van der Waals surface area contributed by atoms with Gasteiger partial charge < -0.3 is 10.2 Å². The smallest absolute Gasteiger partial charge is 0.223 e. The number of rotatable bonds is 6. The molecule has 1 fully saturated rings. The Bertz CT molecular complexity index is 565. The van der Waals surface area contributed by atoms with Crippen LogP contribution in [0.1, 0.15) is 57.1 Å². The molecule has 3 nitrogen and oxygen atoms in total. The molecule has 2 aliphatic rings. The first kappa shape index (κ1) is 18.4. The molecule has 1 aliphatic carbocycles. The van der Waals surface area contributed by atoms with Crippen molar-refractivity contribution in [3.05, 3.63) is 35.4 Å². The maximum Gasteiger partial charge on any atom is 0.223 e. The van der Waals surface area contributed by atoms with E-state index >= 15 is 0 Å². The summed E-state index contributed by atoms with van der Waals surface area (Å²) in [6.07, 6.45) is 7.53. The average Bonchev–Trinajstić information content (AvgIpc) is 2.66. The van der Waals surface area contributed by atoms with E-state index in [0.29, 0.717) is 30.2 Å². The van der Waals surface area contributed by atoms with E-state index < -0.39 is 0 Å². The molecule has 1 aromatic carbocycles. The average molecular weight is 343 g/mol. The lowest BCUT2D eigenvalue weighted by atomic mass is 9.84. The summed E-state index contributed by atoms with van der Waals surface area (Å²) < 4.78 is 0. The summed E-state index contributed by atoms with van der Waals surface area (Å²) in [5.74, 6) is 1.52. The van der Waals surface area contributed by atoms with E-state index in [-0.39, 0.29) is 0 Å². The second-order valence-corrected chi connectivity index (χ2v) is 8.04. The number of amides is 1. The maximum atomic E-state index is 13.1. The number of carbonyl (C=O) groups is 1. The first-order valence-electron chi connectivity index (χ1n) is 10.3. The van der Waals surface area contributed by atoms with Crippen LogP contribution in [0, 0.1) is 11.8 Å². The van der Waals surface area contributed by atoms with Crippen molar-refractivity contribution >= 4 is 5.91 Å². The Kier molecular flexibility index (Phi) is 6.52. The molecule has 1 aromatic rings. The normalized spacial score (nSPS) is 24.4. The summed E-state index contributed by atoms with van der Waals surface area (Å²) in [5, 5.41) is 3.49. The summed E-state index contributed by atoms with van der Waals surface area (Å²) in [7, 11) is 0. The van der Waals surface area contributed by atoms with E-state index in [1.165, 1.54) is 24.0 Å². The molecule has 0 aromatic heterocycles. The van der Waals surface area contributed by atoms with Gasteiger partial charge in [-0.1, -0.05) is 38.1 Å². The lowest BCUT2D eigenvalue weighted by Crippen LogP contribution is -2.45. The van der Waals surface area contributed by atoms with Gasteiger partial charge in [-0.25, -0.2) is 0 Å². The SMILES string of the molecule is CCCN(C(=O)CC(C)C1CCCNC1)C1CCc2ccccc2C1. The van der Waals surface area contributed by atoms with Crippen LogP contribution in [0.25, 0.3) is 0 Å². The number of nitrogens with zero attached hydrogens (tertiary/aromatic N) is 1. The monoisotopic (exact) mass is 342 g/mol. The van der Waals surface area contributed by atoms with Crippen LogP contribution >= 0.6 is 0 Å². The molecule has 1 N–H and O–H groups in total. The van der Waals surface area contributed by atoms with Crippen molar-refractivity contribution in [2.24, 2.45) is 11.8 Å². The van der Waals surface area contributed by atoms with Crippen LogP contribution in [0.4, 0.5) is 0 Å². The summed E-state index contributed by atoms with van der Waals surface area (Å²) >= 11 is 0. The third kappa shape index (κ3) is 4.63. The minimum Gasteiger partial charge on any atom is -0.339 e. The van der Waals surface area contributed by atoms with Crippen LogP contribution in [0.15, 0.2) is 24.3 Å². The zero-order valence-corrected chi connectivity index (χ0v) is 16.0. The predicted octanol–water partition coefficient (Wildman–Crippen LogP) is 3.81. The molecule has 3 rings (SSSR count). The van der Waals surface area contributed by atoms with Gasteiger partial charge in [0.15, 0.2) is 0 Å². The molecule has 0 radical (unpaired) electrons. The highest BCUT2D eigenvalue weighted by Gasteiger charge is 2.29. The largest absolute Gasteiger partial charge is 0.339 e. The quantitative estimate of drug-likeness (QED) is 0.852. The van der Waals surface area contributed by atoms with Gasteiger partial charge >= 0.3 is 0 Å². The molecule has 3 unspecified atom stereocenters. The number of fused-ring (bicyclic) bond motifs is 1. The van der Waals surface area contributed by atoms with E-state index in [4.69, 9.17) is 0 Å². The van der Waals surface area contributed by atoms with Crippen LogP contribution in [0.5, 0.6) is 0 Å². The van der Waals surface area contributed by atoms with Gasteiger partial charge in [-0.3, -0.25) is 4.79 Å². The topological polar surface area (TPSA) is 32.3 Å². The number of carbonyl (C=O) groups excluding carboxylic acids is 1. The molecule has 138 valence electrons. The molecule has 3 heteroatoms. The van der Waals surface area contributed by atoms with Crippen LogP contribution in [-0.4, -0.2) is 36.5 Å². The van der Waals surface area contributed by atoms with Crippen molar-refractivity contribution < 1.29 is 4.79 Å². The third-order valence-electron chi connectivity index (χ3n) is 6.18. The highest BCUT2D eigenvalue weighted by atomic mass is 16.2. The fourth-order valence-corrected chi connectivity index (χ4v) is 4.62. The minimum absolute atomic E-state index is 0.379. The molecule has 1 amide bonds. The Morgan fingerprint density at radius 3 is 2.80 bits per heavy atom. The fraction of sp³-hybridized carbons (Fsp3) is 0.682. The standard InChI is InChI=1S/C22H34N2O/c1-3-13-24(21-11-10-18-7-4-5-8-19(18)15-21)22(25)14-17(2)20-9-6-12-23-16-20/h4-5,7-8,17,20-21,23H,3,6,9-16H2,1-2H3. The summed E-state index contributed by atoms with van der Waals surface area (Å²) in [5.41, 5.74) is 2.92. The zero-order valence-electron chi connectivity index (χ0n) is 16.0. The first-order chi connectivity index (χ1) is 12.2. The number of hydrogen-bond acceptors (Lipinski definition) is 2. The number of benzene rings is 1. The second-order valence-electron chi connectivity index (χ2n) is 8.04. The van der Waals surface area contributed by atoms with Crippen molar-refractivity contribution in [1.82, 2.24) is 10.2 Å². The Labute approximate surface area is 153 Å². The fourth-order valence-electron chi connectivity index (χ4n) is 4.62. The van der Waals surface area contributed by atoms with E-state index in [1.807, 2.05) is 0 Å². The van der Waals surface area contributed by atoms with Gasteiger partial charge in [0.25, 0.3) is 0 Å². The number of hydrogen-bond donors (Lipinski definition) is 1. The van der Waals surface area contributed by atoms with E-state index in [0.717, 1.165) is 45.3 Å². The predicted molar refractivity (Wildman–Crippen MR) is 104 cm³/mol. The van der Waals surface area contributed by atoms with Crippen LogP contribution in [0.2, 0.25) is 0 Å². The molecule has 25 heavy (non-hydrogen) atoms. The molecular formula is C22H34N2O. The summed E-state index contributed by atoms with van der Waals surface area (Å²) in [6.45, 7) is 7.59. The summed E-state index contributed by atoms with van der Waals surface area (Å²) in [6, 6.07) is 9.14. The second kappa shape index (κ2) is 8.84. The van der Waals surface area contributed by atoms with E-state index in [9.17, 15) is 4.79 Å². The van der Waals surface area contributed by atoms with E-state index in [1.54, 1.807) is 0 Å². The molecule has 0 spiro atoms. The third-order valence-corrected chi connectivity index (χ3v) is 6.18. The Hall–Kier alpha value is -1.35. The maximum absolute atomic E-state index is 13.1. The van der Waals surface area contributed by atoms with Crippen molar-refractivity contribution in [3.8, 4) is 0 Å². The number of aryl methyl sites for hydroxylation is 1. The van der Waals surface area contributed by atoms with Gasteiger partial charge in [0, 0.05) is 19.0 Å². The van der Waals surface area contributed by atoms with Gasteiger partial charge in [-0.2, -0.15) is 0 Å². The molecule has 3 atom stereocenters. The van der Waals surface area contributed by atoms with Crippen molar-refractivity contribution in [1.29, 1.82) is 0 Å². The summed E-state index contributed by atoms with van der Waals surface area (Å²) in [4.78, 5) is 15.3. The van der Waals surface area contributed by atoms with Gasteiger partial charge in [0.1, 0.15) is 0 Å². The number of piperidine rings is 1. The van der Waals surface area contributed by atoms with Gasteiger partial charge in [0.05, 0.1) is 0 Å². The van der Waals surface area contributed by atoms with Crippen LogP contribution in [-0.2, 0) is 17.6 Å². The highest BCUT2D eigenvalue weighted by Crippen LogP contribution is 2.27. The van der Waals surface area contributed by atoms with Crippen molar-refractivity contribution in [3.63, 3.8) is 0 Å². The molecule has 0 saturated carbocycles. The molecule has 1 aliphatic heterocycles. The van der Waals surface area contributed by atoms with Crippen molar-refractivity contribution in [2.75, 3.05) is 19.6 Å².